The molecule has 0 aliphatic heterocycles. The lowest BCUT2D eigenvalue weighted by atomic mass is 9.90. The first-order valence-electron chi connectivity index (χ1n) is 7.29. The molecule has 120 valence electrons. The lowest BCUT2D eigenvalue weighted by Gasteiger charge is -2.23. The lowest BCUT2D eigenvalue weighted by molar-refractivity contribution is -0.121. The molecule has 0 bridgehead atoms. The first kappa shape index (κ1) is 16.7. The minimum Gasteiger partial charge on any atom is -0.440 e. The molecule has 2 rings (SSSR count). The standard InChI is InChI=1S/C16H22N2O3S/c1-11-12(18-15(21-11)13-5-4-8-22-13)9-14(20)17-10-16(2,3)6-7-19/h4-5,8,19H,6-7,9-10H2,1-3H3,(H,17,20). The Morgan fingerprint density at radius 3 is 2.91 bits per heavy atom. The fourth-order valence-electron chi connectivity index (χ4n) is 2.04. The maximum Gasteiger partial charge on any atom is 0.236 e. The summed E-state index contributed by atoms with van der Waals surface area (Å²) in [6.45, 7) is 6.50. The molecule has 5 nitrogen and oxygen atoms in total. The summed E-state index contributed by atoms with van der Waals surface area (Å²) in [7, 11) is 0. The molecule has 22 heavy (non-hydrogen) atoms. The van der Waals surface area contributed by atoms with Gasteiger partial charge in [-0.05, 0) is 30.2 Å². The van der Waals surface area contributed by atoms with E-state index in [-0.39, 0.29) is 24.3 Å². The topological polar surface area (TPSA) is 75.4 Å². The van der Waals surface area contributed by atoms with Gasteiger partial charge in [0.25, 0.3) is 0 Å². The zero-order chi connectivity index (χ0) is 16.2. The van der Waals surface area contributed by atoms with Gasteiger partial charge in [-0.25, -0.2) is 4.98 Å². The molecular weight excluding hydrogens is 300 g/mol. The quantitative estimate of drug-likeness (QED) is 0.822. The molecule has 2 heterocycles. The number of nitrogens with zero attached hydrogens (tertiary/aromatic N) is 1. The van der Waals surface area contributed by atoms with Crippen molar-refractivity contribution in [1.29, 1.82) is 0 Å². The number of hydrogen-bond acceptors (Lipinski definition) is 5. The van der Waals surface area contributed by atoms with E-state index in [1.54, 1.807) is 11.3 Å². The third kappa shape index (κ3) is 4.42. The highest BCUT2D eigenvalue weighted by molar-refractivity contribution is 7.13. The van der Waals surface area contributed by atoms with Crippen LogP contribution in [0, 0.1) is 12.3 Å². The number of aliphatic hydroxyl groups excluding tert-OH is 1. The number of rotatable bonds is 7. The van der Waals surface area contributed by atoms with Crippen molar-refractivity contribution < 1.29 is 14.3 Å². The largest absolute Gasteiger partial charge is 0.440 e. The van der Waals surface area contributed by atoms with Crippen molar-refractivity contribution in [3.05, 3.63) is 29.0 Å². The number of carbonyl (C=O) groups is 1. The van der Waals surface area contributed by atoms with Crippen molar-refractivity contribution in [2.24, 2.45) is 5.41 Å². The number of nitrogens with one attached hydrogen (secondary N) is 1. The monoisotopic (exact) mass is 322 g/mol. The van der Waals surface area contributed by atoms with Crippen LogP contribution in [0.2, 0.25) is 0 Å². The smallest absolute Gasteiger partial charge is 0.236 e. The number of oxazole rings is 1. The summed E-state index contributed by atoms with van der Waals surface area (Å²) in [6.07, 6.45) is 0.856. The molecule has 0 spiro atoms. The molecule has 0 unspecified atom stereocenters. The minimum atomic E-state index is -0.120. The van der Waals surface area contributed by atoms with E-state index in [0.717, 1.165) is 4.88 Å². The first-order valence-corrected chi connectivity index (χ1v) is 8.17. The molecule has 0 fully saturated rings. The Morgan fingerprint density at radius 2 is 2.27 bits per heavy atom. The Morgan fingerprint density at radius 1 is 1.50 bits per heavy atom. The van der Waals surface area contributed by atoms with Crippen LogP contribution in [0.25, 0.3) is 10.8 Å². The van der Waals surface area contributed by atoms with Crippen LogP contribution in [-0.4, -0.2) is 29.1 Å². The maximum atomic E-state index is 12.1. The van der Waals surface area contributed by atoms with Crippen molar-refractivity contribution in [2.75, 3.05) is 13.2 Å². The van der Waals surface area contributed by atoms with Gasteiger partial charge in [-0.2, -0.15) is 0 Å². The van der Waals surface area contributed by atoms with Crippen LogP contribution >= 0.6 is 11.3 Å². The lowest BCUT2D eigenvalue weighted by Crippen LogP contribution is -2.35. The Kier molecular flexibility index (Phi) is 5.37. The predicted molar refractivity (Wildman–Crippen MR) is 86.8 cm³/mol. The van der Waals surface area contributed by atoms with Crippen LogP contribution in [-0.2, 0) is 11.2 Å². The number of aryl methyl sites for hydroxylation is 1. The molecule has 0 saturated heterocycles. The van der Waals surface area contributed by atoms with Crippen molar-refractivity contribution in [1.82, 2.24) is 10.3 Å². The molecule has 0 aliphatic rings. The van der Waals surface area contributed by atoms with Gasteiger partial charge >= 0.3 is 0 Å². The van der Waals surface area contributed by atoms with E-state index in [9.17, 15) is 4.79 Å². The second-order valence-electron chi connectivity index (χ2n) is 6.09. The molecule has 0 saturated carbocycles. The number of hydrogen-bond donors (Lipinski definition) is 2. The molecular formula is C16H22N2O3S. The molecule has 1 amide bonds. The summed E-state index contributed by atoms with van der Waals surface area (Å²) in [6, 6.07) is 3.88. The van der Waals surface area contributed by atoms with Gasteiger partial charge in [0.1, 0.15) is 5.76 Å². The normalized spacial score (nSPS) is 11.6. The second-order valence-corrected chi connectivity index (χ2v) is 7.04. The molecule has 0 atom stereocenters. The van der Waals surface area contributed by atoms with Crippen LogP contribution in [0.5, 0.6) is 0 Å². The van der Waals surface area contributed by atoms with Crippen LogP contribution in [0.1, 0.15) is 31.7 Å². The van der Waals surface area contributed by atoms with E-state index < -0.39 is 0 Å². The Bertz CT molecular complexity index is 617. The van der Waals surface area contributed by atoms with Crippen molar-refractivity contribution in [3.8, 4) is 10.8 Å². The molecule has 0 aromatic carbocycles. The highest BCUT2D eigenvalue weighted by atomic mass is 32.1. The maximum absolute atomic E-state index is 12.1. The van der Waals surface area contributed by atoms with Crippen molar-refractivity contribution >= 4 is 17.2 Å². The Hall–Kier alpha value is -1.66. The number of aliphatic hydroxyl groups is 1. The molecule has 0 aliphatic carbocycles. The summed E-state index contributed by atoms with van der Waals surface area (Å²) in [4.78, 5) is 17.4. The van der Waals surface area contributed by atoms with Crippen LogP contribution in [0.3, 0.4) is 0 Å². The fourth-order valence-corrected chi connectivity index (χ4v) is 2.69. The summed E-state index contributed by atoms with van der Waals surface area (Å²) in [5.74, 6) is 1.16. The average molecular weight is 322 g/mol. The van der Waals surface area contributed by atoms with Gasteiger partial charge in [0.15, 0.2) is 0 Å². The highest BCUT2D eigenvalue weighted by Gasteiger charge is 2.20. The molecule has 6 heteroatoms. The first-order chi connectivity index (χ1) is 10.4. The predicted octanol–water partition coefficient (Wildman–Crippen LogP) is 2.78. The van der Waals surface area contributed by atoms with E-state index in [4.69, 9.17) is 9.52 Å². The summed E-state index contributed by atoms with van der Waals surface area (Å²) in [5.41, 5.74) is 0.548. The fraction of sp³-hybridized carbons (Fsp3) is 0.500. The van der Waals surface area contributed by atoms with Crippen molar-refractivity contribution in [2.45, 2.75) is 33.6 Å². The van der Waals surface area contributed by atoms with Gasteiger partial charge in [-0.1, -0.05) is 19.9 Å². The molecule has 0 radical (unpaired) electrons. The van der Waals surface area contributed by atoms with Gasteiger partial charge in [0.05, 0.1) is 17.0 Å². The third-order valence-electron chi connectivity index (χ3n) is 3.51. The average Bonchev–Trinajstić information content (AvgIpc) is 3.07. The van der Waals surface area contributed by atoms with Crippen LogP contribution < -0.4 is 5.32 Å². The zero-order valence-electron chi connectivity index (χ0n) is 13.2. The van der Waals surface area contributed by atoms with Crippen LogP contribution in [0.15, 0.2) is 21.9 Å². The van der Waals surface area contributed by atoms with Gasteiger partial charge < -0.3 is 14.8 Å². The number of thiophene rings is 1. The van der Waals surface area contributed by atoms with Gasteiger partial charge in [-0.3, -0.25) is 4.79 Å². The summed E-state index contributed by atoms with van der Waals surface area (Å²) < 4.78 is 5.63. The summed E-state index contributed by atoms with van der Waals surface area (Å²) >= 11 is 1.56. The third-order valence-corrected chi connectivity index (χ3v) is 4.36. The Labute approximate surface area is 134 Å². The SMILES string of the molecule is Cc1oc(-c2cccs2)nc1CC(=O)NCC(C)(C)CCO. The van der Waals surface area contributed by atoms with Crippen LogP contribution in [0.4, 0.5) is 0 Å². The number of aromatic nitrogens is 1. The molecule has 2 aromatic rings. The number of amides is 1. The van der Waals surface area contributed by atoms with E-state index in [1.807, 2.05) is 38.3 Å². The van der Waals surface area contributed by atoms with E-state index in [0.29, 0.717) is 30.3 Å². The van der Waals surface area contributed by atoms with E-state index in [2.05, 4.69) is 10.3 Å². The minimum absolute atomic E-state index is 0.0832. The van der Waals surface area contributed by atoms with E-state index >= 15 is 0 Å². The van der Waals surface area contributed by atoms with E-state index in [1.165, 1.54) is 0 Å². The zero-order valence-corrected chi connectivity index (χ0v) is 14.0. The highest BCUT2D eigenvalue weighted by Crippen LogP contribution is 2.26. The van der Waals surface area contributed by atoms with Gasteiger partial charge in [-0.15, -0.1) is 11.3 Å². The second kappa shape index (κ2) is 7.07. The van der Waals surface area contributed by atoms with Crippen molar-refractivity contribution in [3.63, 3.8) is 0 Å². The summed E-state index contributed by atoms with van der Waals surface area (Å²) in [5, 5.41) is 13.9. The number of carbonyl (C=O) groups excluding carboxylic acids is 1. The van der Waals surface area contributed by atoms with Gasteiger partial charge in [0.2, 0.25) is 11.8 Å². The molecule has 2 aromatic heterocycles. The van der Waals surface area contributed by atoms with Gasteiger partial charge in [0, 0.05) is 13.2 Å². The Balaban J connectivity index is 1.95. The molecule has 2 N–H and O–H groups in total.